The summed E-state index contributed by atoms with van der Waals surface area (Å²) in [5.41, 5.74) is 0. The smallest absolute Gasteiger partial charge is 0.282 e. The lowest BCUT2D eigenvalue weighted by Crippen LogP contribution is -2.43. The molecule has 1 heterocycles. The molecule has 0 bridgehead atoms. The number of rotatable bonds is 3. The van der Waals surface area contributed by atoms with Gasteiger partial charge >= 0.3 is 0 Å². The molecular formula is C12H20N4OS. The van der Waals surface area contributed by atoms with Crippen LogP contribution in [0.3, 0.4) is 0 Å². The van der Waals surface area contributed by atoms with Gasteiger partial charge in [0.2, 0.25) is 10.1 Å². The third-order valence-electron chi connectivity index (χ3n) is 3.86. The third kappa shape index (κ3) is 2.80. The van der Waals surface area contributed by atoms with E-state index in [4.69, 9.17) is 0 Å². The molecule has 2 rings (SSSR count). The number of anilines is 1. The topological polar surface area (TPSA) is 66.9 Å². The summed E-state index contributed by atoms with van der Waals surface area (Å²) in [7, 11) is 1.77. The van der Waals surface area contributed by atoms with Gasteiger partial charge in [0, 0.05) is 13.1 Å². The predicted molar refractivity (Wildman–Crippen MR) is 72.9 cm³/mol. The van der Waals surface area contributed by atoms with Gasteiger partial charge in [-0.25, -0.2) is 0 Å². The van der Waals surface area contributed by atoms with Gasteiger partial charge in [-0.1, -0.05) is 38.0 Å². The Bertz CT molecular complexity index is 420. The van der Waals surface area contributed by atoms with Crippen LogP contribution in [-0.2, 0) is 0 Å². The Labute approximate surface area is 111 Å². The lowest BCUT2D eigenvalue weighted by atomic mass is 9.78. The molecule has 1 aromatic heterocycles. The number of carbonyl (C=O) groups is 1. The normalized spacial score (nSPS) is 27.8. The first-order valence-electron chi connectivity index (χ1n) is 6.44. The standard InChI is InChI=1S/C12H20N4OS/c1-7-5-4-6-9(8(7)2)14-10(17)11-15-16-12(13-3)18-11/h7-9H,4-6H2,1-3H3,(H,13,16)(H,14,17). The monoisotopic (exact) mass is 268 g/mol. The van der Waals surface area contributed by atoms with Gasteiger partial charge in [-0.3, -0.25) is 4.79 Å². The van der Waals surface area contributed by atoms with Crippen LogP contribution in [0.4, 0.5) is 5.13 Å². The number of hydrogen-bond acceptors (Lipinski definition) is 5. The molecule has 18 heavy (non-hydrogen) atoms. The van der Waals surface area contributed by atoms with Crippen LogP contribution in [0.1, 0.15) is 42.9 Å². The van der Waals surface area contributed by atoms with Crippen LogP contribution in [0.25, 0.3) is 0 Å². The highest BCUT2D eigenvalue weighted by Gasteiger charge is 2.29. The number of nitrogens with one attached hydrogen (secondary N) is 2. The SMILES string of the molecule is CNc1nnc(C(=O)NC2CCCC(C)C2C)s1. The van der Waals surface area contributed by atoms with E-state index in [9.17, 15) is 4.79 Å². The fraction of sp³-hybridized carbons (Fsp3) is 0.750. The second-order valence-corrected chi connectivity index (χ2v) is 5.99. The average molecular weight is 268 g/mol. The van der Waals surface area contributed by atoms with Crippen LogP contribution in [0.5, 0.6) is 0 Å². The van der Waals surface area contributed by atoms with E-state index in [0.29, 0.717) is 22.0 Å². The Hall–Kier alpha value is -1.17. The fourth-order valence-electron chi connectivity index (χ4n) is 2.43. The van der Waals surface area contributed by atoms with Crippen molar-refractivity contribution in [3.63, 3.8) is 0 Å². The molecule has 6 heteroatoms. The second-order valence-electron chi connectivity index (χ2n) is 5.01. The Kier molecular flexibility index (Phi) is 4.16. The van der Waals surface area contributed by atoms with Crippen molar-refractivity contribution < 1.29 is 4.79 Å². The van der Waals surface area contributed by atoms with Crippen LogP contribution in [-0.4, -0.2) is 29.2 Å². The van der Waals surface area contributed by atoms with E-state index in [-0.39, 0.29) is 11.9 Å². The maximum absolute atomic E-state index is 12.1. The summed E-state index contributed by atoms with van der Waals surface area (Å²) in [5.74, 6) is 1.10. The summed E-state index contributed by atoms with van der Waals surface area (Å²) in [6.45, 7) is 4.47. The average Bonchev–Trinajstić information content (AvgIpc) is 2.83. The minimum atomic E-state index is -0.0973. The minimum absolute atomic E-state index is 0.0973. The molecule has 0 aromatic carbocycles. The molecule has 1 aliphatic carbocycles. The number of amides is 1. The van der Waals surface area contributed by atoms with Crippen molar-refractivity contribution in [2.45, 2.75) is 39.2 Å². The van der Waals surface area contributed by atoms with E-state index in [1.54, 1.807) is 7.05 Å². The maximum atomic E-state index is 12.1. The molecular weight excluding hydrogens is 248 g/mol. The van der Waals surface area contributed by atoms with Crippen molar-refractivity contribution in [1.82, 2.24) is 15.5 Å². The molecule has 1 aromatic rings. The second kappa shape index (κ2) is 5.65. The molecule has 3 unspecified atom stereocenters. The quantitative estimate of drug-likeness (QED) is 0.881. The Balaban J connectivity index is 1.98. The van der Waals surface area contributed by atoms with Gasteiger partial charge in [0.25, 0.3) is 5.91 Å². The highest BCUT2D eigenvalue weighted by Crippen LogP contribution is 2.29. The van der Waals surface area contributed by atoms with Crippen LogP contribution in [0.15, 0.2) is 0 Å². The molecule has 2 N–H and O–H groups in total. The first kappa shape index (κ1) is 13.3. The maximum Gasteiger partial charge on any atom is 0.282 e. The molecule has 5 nitrogen and oxygen atoms in total. The Morgan fingerprint density at radius 2 is 2.11 bits per heavy atom. The predicted octanol–water partition coefficient (Wildman–Crippen LogP) is 2.13. The number of aromatic nitrogens is 2. The largest absolute Gasteiger partial charge is 0.363 e. The van der Waals surface area contributed by atoms with Crippen LogP contribution >= 0.6 is 11.3 Å². The highest BCUT2D eigenvalue weighted by atomic mass is 32.1. The molecule has 1 amide bonds. The van der Waals surface area contributed by atoms with Gasteiger partial charge in [-0.2, -0.15) is 0 Å². The van der Waals surface area contributed by atoms with Crippen molar-refractivity contribution >= 4 is 22.4 Å². The summed E-state index contributed by atoms with van der Waals surface area (Å²) < 4.78 is 0. The third-order valence-corrected chi connectivity index (χ3v) is 4.80. The highest BCUT2D eigenvalue weighted by molar-refractivity contribution is 7.17. The summed E-state index contributed by atoms with van der Waals surface area (Å²) in [6, 6.07) is 0.267. The molecule has 100 valence electrons. The lowest BCUT2D eigenvalue weighted by molar-refractivity contribution is 0.0890. The van der Waals surface area contributed by atoms with Gasteiger partial charge < -0.3 is 10.6 Å². The lowest BCUT2D eigenvalue weighted by Gasteiger charge is -2.34. The molecule has 0 spiro atoms. The Morgan fingerprint density at radius 3 is 2.78 bits per heavy atom. The van der Waals surface area contributed by atoms with Gasteiger partial charge in [0.05, 0.1) is 0 Å². The van der Waals surface area contributed by atoms with Crippen molar-refractivity contribution in [3.05, 3.63) is 5.01 Å². The van der Waals surface area contributed by atoms with Gasteiger partial charge in [-0.05, 0) is 18.3 Å². The molecule has 0 radical (unpaired) electrons. The van der Waals surface area contributed by atoms with Crippen molar-refractivity contribution in [2.24, 2.45) is 11.8 Å². The van der Waals surface area contributed by atoms with E-state index in [0.717, 1.165) is 6.42 Å². The van der Waals surface area contributed by atoms with Gasteiger partial charge in [-0.15, -0.1) is 10.2 Å². The molecule has 1 fully saturated rings. The van der Waals surface area contributed by atoms with Crippen molar-refractivity contribution in [3.8, 4) is 0 Å². The molecule has 0 saturated heterocycles. The molecule has 1 aliphatic rings. The first-order chi connectivity index (χ1) is 8.61. The summed E-state index contributed by atoms with van der Waals surface area (Å²) in [6.07, 6.45) is 3.51. The molecule has 3 atom stereocenters. The number of nitrogens with zero attached hydrogens (tertiary/aromatic N) is 2. The van der Waals surface area contributed by atoms with Crippen molar-refractivity contribution in [2.75, 3.05) is 12.4 Å². The van der Waals surface area contributed by atoms with E-state index in [1.165, 1.54) is 24.2 Å². The van der Waals surface area contributed by atoms with Gasteiger partial charge in [0.1, 0.15) is 0 Å². The fourth-order valence-corrected chi connectivity index (χ4v) is 3.03. The first-order valence-corrected chi connectivity index (χ1v) is 7.25. The minimum Gasteiger partial charge on any atom is -0.363 e. The Morgan fingerprint density at radius 1 is 1.33 bits per heavy atom. The van der Waals surface area contributed by atoms with E-state index in [2.05, 4.69) is 34.7 Å². The molecule has 1 saturated carbocycles. The zero-order valence-electron chi connectivity index (χ0n) is 11.1. The van der Waals surface area contributed by atoms with E-state index >= 15 is 0 Å². The van der Waals surface area contributed by atoms with Gasteiger partial charge in [0.15, 0.2) is 0 Å². The van der Waals surface area contributed by atoms with Crippen molar-refractivity contribution in [1.29, 1.82) is 0 Å². The van der Waals surface area contributed by atoms with Crippen LogP contribution in [0.2, 0.25) is 0 Å². The summed E-state index contributed by atoms with van der Waals surface area (Å²) >= 11 is 1.29. The zero-order chi connectivity index (χ0) is 13.1. The van der Waals surface area contributed by atoms with Crippen LogP contribution in [0, 0.1) is 11.8 Å². The number of carbonyl (C=O) groups excluding carboxylic acids is 1. The summed E-state index contributed by atoms with van der Waals surface area (Å²) in [5, 5.41) is 14.9. The molecule has 0 aliphatic heterocycles. The summed E-state index contributed by atoms with van der Waals surface area (Å²) in [4.78, 5) is 12.1. The van der Waals surface area contributed by atoms with E-state index < -0.39 is 0 Å². The number of hydrogen-bond donors (Lipinski definition) is 2. The zero-order valence-corrected chi connectivity index (χ0v) is 11.9. The van der Waals surface area contributed by atoms with E-state index in [1.807, 2.05) is 0 Å². The van der Waals surface area contributed by atoms with Crippen LogP contribution < -0.4 is 10.6 Å².